The number of thioether (sulfide) groups is 1. The van der Waals surface area contributed by atoms with E-state index in [-0.39, 0.29) is 17.9 Å². The highest BCUT2D eigenvalue weighted by atomic mass is 32.2. The molecule has 1 aliphatic heterocycles. The summed E-state index contributed by atoms with van der Waals surface area (Å²) in [5.41, 5.74) is 2.27. The molecule has 184 valence electrons. The van der Waals surface area contributed by atoms with Gasteiger partial charge in [0.25, 0.3) is 0 Å². The van der Waals surface area contributed by atoms with Crippen LogP contribution in [0.2, 0.25) is 0 Å². The predicted molar refractivity (Wildman–Crippen MR) is 135 cm³/mol. The average molecular weight is 484 g/mol. The molecule has 0 spiro atoms. The van der Waals surface area contributed by atoms with Crippen LogP contribution in [0, 0.1) is 19.8 Å². The van der Waals surface area contributed by atoms with Gasteiger partial charge in [-0.05, 0) is 51.7 Å². The summed E-state index contributed by atoms with van der Waals surface area (Å²) in [6.45, 7) is 8.09. The van der Waals surface area contributed by atoms with Crippen molar-refractivity contribution in [2.75, 3.05) is 25.4 Å². The van der Waals surface area contributed by atoms with E-state index in [2.05, 4.69) is 40.7 Å². The summed E-state index contributed by atoms with van der Waals surface area (Å²) >= 11 is 1.65. The van der Waals surface area contributed by atoms with Crippen LogP contribution in [-0.4, -0.2) is 67.8 Å². The molecule has 0 radical (unpaired) electrons. The minimum atomic E-state index is 0.0946. The van der Waals surface area contributed by atoms with Crippen LogP contribution < -0.4 is 0 Å². The summed E-state index contributed by atoms with van der Waals surface area (Å²) < 4.78 is 2.09. The van der Waals surface area contributed by atoms with Crippen LogP contribution in [0.4, 0.5) is 0 Å². The Balaban J connectivity index is 1.24. The third kappa shape index (κ3) is 5.65. The number of para-hydroxylation sites is 1. The highest BCUT2D eigenvalue weighted by molar-refractivity contribution is 7.99. The normalized spacial score (nSPS) is 19.4. The van der Waals surface area contributed by atoms with Crippen molar-refractivity contribution in [3.8, 4) is 5.69 Å². The number of nitrogens with zero attached hydrogens (tertiary/aromatic N) is 5. The van der Waals surface area contributed by atoms with Gasteiger partial charge in [-0.25, -0.2) is 0 Å². The predicted octanol–water partition coefficient (Wildman–Crippen LogP) is 4.40. The molecule has 1 saturated heterocycles. The Morgan fingerprint density at radius 2 is 1.82 bits per heavy atom. The minimum absolute atomic E-state index is 0.0946. The topological polar surface area (TPSA) is 71.3 Å². The van der Waals surface area contributed by atoms with Gasteiger partial charge in [-0.2, -0.15) is 0 Å². The molecule has 0 N–H and O–H groups in total. The van der Waals surface area contributed by atoms with Crippen LogP contribution in [0.3, 0.4) is 0 Å². The van der Waals surface area contributed by atoms with Gasteiger partial charge in [-0.1, -0.05) is 49.2 Å². The fraction of sp³-hybridized carbons (Fsp3) is 0.615. The van der Waals surface area contributed by atoms with Crippen molar-refractivity contribution < 1.29 is 9.59 Å². The molecule has 7 nitrogen and oxygen atoms in total. The number of hydrogen-bond donors (Lipinski definition) is 0. The molecule has 1 aliphatic carbocycles. The van der Waals surface area contributed by atoms with E-state index >= 15 is 0 Å². The summed E-state index contributed by atoms with van der Waals surface area (Å²) in [7, 11) is 0. The van der Waals surface area contributed by atoms with E-state index in [1.54, 1.807) is 11.8 Å². The van der Waals surface area contributed by atoms with Crippen LogP contribution in [0.5, 0.6) is 0 Å². The number of piperazine rings is 1. The molecule has 2 aliphatic rings. The first kappa shape index (κ1) is 24.8. The van der Waals surface area contributed by atoms with Gasteiger partial charge in [-0.15, -0.1) is 10.2 Å². The Labute approximate surface area is 207 Å². The zero-order chi connectivity index (χ0) is 24.1. The number of amides is 2. The molecule has 1 atom stereocenters. The van der Waals surface area contributed by atoms with Gasteiger partial charge >= 0.3 is 0 Å². The first-order valence-corrected chi connectivity index (χ1v) is 13.6. The van der Waals surface area contributed by atoms with Gasteiger partial charge < -0.3 is 9.80 Å². The quantitative estimate of drug-likeness (QED) is 0.431. The molecule has 34 heavy (non-hydrogen) atoms. The van der Waals surface area contributed by atoms with E-state index in [1.165, 1.54) is 24.8 Å². The van der Waals surface area contributed by atoms with Crippen molar-refractivity contribution in [1.29, 1.82) is 0 Å². The number of aryl methyl sites for hydroxylation is 2. The maximum Gasteiger partial charge on any atom is 0.226 e. The molecule has 2 aromatic rings. The van der Waals surface area contributed by atoms with Crippen LogP contribution in [0.1, 0.15) is 63.3 Å². The summed E-state index contributed by atoms with van der Waals surface area (Å²) in [6, 6.07) is 8.32. The molecule has 2 heterocycles. The first-order chi connectivity index (χ1) is 16.5. The zero-order valence-electron chi connectivity index (χ0n) is 20.7. The molecule has 2 fully saturated rings. The third-order valence-electron chi connectivity index (χ3n) is 7.14. The van der Waals surface area contributed by atoms with E-state index < -0.39 is 0 Å². The maximum absolute atomic E-state index is 12.9. The van der Waals surface area contributed by atoms with E-state index in [0.29, 0.717) is 32.0 Å². The van der Waals surface area contributed by atoms with Gasteiger partial charge in [0.05, 0.1) is 5.69 Å². The Morgan fingerprint density at radius 1 is 1.06 bits per heavy atom. The second kappa shape index (κ2) is 11.4. The first-order valence-electron chi connectivity index (χ1n) is 12.6. The van der Waals surface area contributed by atoms with Gasteiger partial charge in [0.2, 0.25) is 11.8 Å². The molecule has 0 bridgehead atoms. The smallest absolute Gasteiger partial charge is 0.226 e. The lowest BCUT2D eigenvalue weighted by Crippen LogP contribution is -2.56. The van der Waals surface area contributed by atoms with E-state index in [1.807, 2.05) is 28.9 Å². The monoisotopic (exact) mass is 483 g/mol. The molecule has 1 unspecified atom stereocenters. The largest absolute Gasteiger partial charge is 0.339 e. The van der Waals surface area contributed by atoms with Crippen LogP contribution in [0.25, 0.3) is 5.69 Å². The van der Waals surface area contributed by atoms with Crippen molar-refractivity contribution in [3.05, 3.63) is 35.7 Å². The second-order valence-electron chi connectivity index (χ2n) is 9.66. The van der Waals surface area contributed by atoms with Crippen LogP contribution >= 0.6 is 11.8 Å². The van der Waals surface area contributed by atoms with E-state index in [9.17, 15) is 9.59 Å². The Morgan fingerprint density at radius 3 is 2.56 bits per heavy atom. The lowest BCUT2D eigenvalue weighted by atomic mass is 9.88. The third-order valence-corrected chi connectivity index (χ3v) is 8.15. The summed E-state index contributed by atoms with van der Waals surface area (Å²) in [5.74, 6) is 2.37. The molecule has 1 aromatic carbocycles. The van der Waals surface area contributed by atoms with Gasteiger partial charge in [-0.3, -0.25) is 14.2 Å². The standard InChI is InChI=1S/C26H37N5O2S/c1-19-10-7-8-13-23(19)31-21(3)27-28-26(31)34-17-9-14-24(32)29-15-16-30(20(2)18-29)25(33)22-11-5-4-6-12-22/h7-8,10,13,20,22H,4-6,9,11-12,14-18H2,1-3H3. The number of carbonyl (C=O) groups is 2. The van der Waals surface area contributed by atoms with Crippen molar-refractivity contribution in [3.63, 3.8) is 0 Å². The maximum atomic E-state index is 12.9. The second-order valence-corrected chi connectivity index (χ2v) is 10.7. The Kier molecular flexibility index (Phi) is 8.29. The Bertz CT molecular complexity index is 1000. The highest BCUT2D eigenvalue weighted by Gasteiger charge is 2.33. The average Bonchev–Trinajstić information content (AvgIpc) is 3.22. The van der Waals surface area contributed by atoms with Crippen molar-refractivity contribution >= 4 is 23.6 Å². The van der Waals surface area contributed by atoms with Crippen LogP contribution in [0.15, 0.2) is 29.4 Å². The molecular weight excluding hydrogens is 446 g/mol. The lowest BCUT2D eigenvalue weighted by molar-refractivity contribution is -0.146. The van der Waals surface area contributed by atoms with E-state index in [0.717, 1.165) is 41.7 Å². The molecule has 2 amide bonds. The SMILES string of the molecule is Cc1ccccc1-n1c(C)nnc1SCCCC(=O)N1CCN(C(=O)C2CCCCC2)C(C)C1. The fourth-order valence-electron chi connectivity index (χ4n) is 5.17. The molecule has 1 aromatic heterocycles. The summed E-state index contributed by atoms with van der Waals surface area (Å²) in [6.07, 6.45) is 6.96. The molecule has 8 heteroatoms. The Hall–Kier alpha value is -2.35. The van der Waals surface area contributed by atoms with Crippen molar-refractivity contribution in [2.24, 2.45) is 5.92 Å². The van der Waals surface area contributed by atoms with Gasteiger partial charge in [0, 0.05) is 43.8 Å². The number of carbonyl (C=O) groups excluding carboxylic acids is 2. The molecular formula is C26H37N5O2S. The minimum Gasteiger partial charge on any atom is -0.339 e. The number of aromatic nitrogens is 3. The van der Waals surface area contributed by atoms with Gasteiger partial charge in [0.1, 0.15) is 5.82 Å². The number of benzene rings is 1. The molecule has 1 saturated carbocycles. The summed E-state index contributed by atoms with van der Waals surface area (Å²) in [5, 5.41) is 9.49. The lowest BCUT2D eigenvalue weighted by Gasteiger charge is -2.41. The van der Waals surface area contributed by atoms with E-state index in [4.69, 9.17) is 0 Å². The summed E-state index contributed by atoms with van der Waals surface area (Å²) in [4.78, 5) is 29.8. The zero-order valence-corrected chi connectivity index (χ0v) is 21.5. The fourth-order valence-corrected chi connectivity index (χ4v) is 6.10. The molecule has 4 rings (SSSR count). The van der Waals surface area contributed by atoms with Crippen molar-refractivity contribution in [1.82, 2.24) is 24.6 Å². The van der Waals surface area contributed by atoms with Crippen molar-refractivity contribution in [2.45, 2.75) is 76.9 Å². The number of rotatable bonds is 7. The highest BCUT2D eigenvalue weighted by Crippen LogP contribution is 2.28. The van der Waals surface area contributed by atoms with Crippen LogP contribution in [-0.2, 0) is 9.59 Å². The van der Waals surface area contributed by atoms with Gasteiger partial charge in [0.15, 0.2) is 5.16 Å². The number of hydrogen-bond acceptors (Lipinski definition) is 5.